The molecule has 0 unspecified atom stereocenters. The Balaban J connectivity index is 2.03. The third-order valence-corrected chi connectivity index (χ3v) is 5.72. The van der Waals surface area contributed by atoms with Crippen LogP contribution in [0.15, 0.2) is 23.1 Å². The summed E-state index contributed by atoms with van der Waals surface area (Å²) < 4.78 is 44.7. The number of halogens is 1. The molecule has 0 saturated heterocycles. The van der Waals surface area contributed by atoms with Gasteiger partial charge in [0, 0.05) is 0 Å². The first-order valence-corrected chi connectivity index (χ1v) is 11.6. The van der Waals surface area contributed by atoms with Crippen molar-refractivity contribution < 1.29 is 17.4 Å². The maximum atomic E-state index is 13.9. The van der Waals surface area contributed by atoms with Crippen LogP contribution < -0.4 is 0 Å². The molecule has 26 heavy (non-hydrogen) atoms. The summed E-state index contributed by atoms with van der Waals surface area (Å²) in [4.78, 5) is -0.385. The smallest absolute Gasteiger partial charge is 0.282 e. The first kappa shape index (κ1) is 23.1. The molecule has 0 fully saturated rings. The minimum absolute atomic E-state index is 0.385. The fourth-order valence-electron chi connectivity index (χ4n) is 3.22. The van der Waals surface area contributed by atoms with E-state index in [1.807, 2.05) is 0 Å². The molecule has 1 rings (SSSR count). The van der Waals surface area contributed by atoms with Crippen molar-refractivity contribution >= 4 is 10.1 Å². The zero-order valence-corrected chi connectivity index (χ0v) is 17.0. The molecule has 0 spiro atoms. The second-order valence-corrected chi connectivity index (χ2v) is 8.64. The molecule has 0 aliphatic carbocycles. The summed E-state index contributed by atoms with van der Waals surface area (Å²) in [5, 5.41) is 0. The van der Waals surface area contributed by atoms with Crippen molar-refractivity contribution in [1.82, 2.24) is 0 Å². The summed E-state index contributed by atoms with van der Waals surface area (Å²) in [7, 11) is -4.33. The van der Waals surface area contributed by atoms with Gasteiger partial charge in [0.15, 0.2) is 0 Å². The van der Waals surface area contributed by atoms with E-state index in [9.17, 15) is 12.8 Å². The van der Waals surface area contributed by atoms with Crippen molar-refractivity contribution in [2.45, 2.75) is 102 Å². The van der Waals surface area contributed by atoms with Crippen molar-refractivity contribution in [3.63, 3.8) is 0 Å². The zero-order chi connectivity index (χ0) is 19.3. The number of hydrogen-bond donors (Lipinski definition) is 1. The molecular formula is C21H35FO3S. The summed E-state index contributed by atoms with van der Waals surface area (Å²) in [6.45, 7) is 2.25. The van der Waals surface area contributed by atoms with E-state index in [4.69, 9.17) is 4.55 Å². The van der Waals surface area contributed by atoms with Crippen LogP contribution >= 0.6 is 0 Å². The number of aryl methyl sites for hydroxylation is 1. The van der Waals surface area contributed by atoms with E-state index in [1.54, 1.807) is 0 Å². The van der Waals surface area contributed by atoms with E-state index in [0.29, 0.717) is 12.0 Å². The lowest BCUT2D eigenvalue weighted by Gasteiger charge is -2.05. The number of hydrogen-bond acceptors (Lipinski definition) is 2. The van der Waals surface area contributed by atoms with Crippen LogP contribution in [0.5, 0.6) is 0 Å². The molecule has 0 bridgehead atoms. The van der Waals surface area contributed by atoms with Crippen LogP contribution in [0.25, 0.3) is 0 Å². The molecular weight excluding hydrogens is 351 g/mol. The van der Waals surface area contributed by atoms with Crippen LogP contribution in [-0.4, -0.2) is 13.0 Å². The maximum absolute atomic E-state index is 13.9. The quantitative estimate of drug-likeness (QED) is 0.269. The summed E-state index contributed by atoms with van der Waals surface area (Å²) in [6.07, 6.45) is 17.1. The molecule has 1 N–H and O–H groups in total. The Morgan fingerprint density at radius 3 is 1.69 bits per heavy atom. The largest absolute Gasteiger partial charge is 0.294 e. The molecule has 0 saturated carbocycles. The predicted molar refractivity (Wildman–Crippen MR) is 106 cm³/mol. The lowest BCUT2D eigenvalue weighted by Crippen LogP contribution is -2.00. The lowest BCUT2D eigenvalue weighted by atomic mass is 10.0. The Labute approximate surface area is 159 Å². The van der Waals surface area contributed by atoms with Crippen LogP contribution in [0.3, 0.4) is 0 Å². The fraction of sp³-hybridized carbons (Fsp3) is 0.714. The molecule has 1 aromatic rings. The number of rotatable bonds is 15. The second-order valence-electron chi connectivity index (χ2n) is 7.22. The Kier molecular flexibility index (Phi) is 11.8. The first-order chi connectivity index (χ1) is 12.4. The maximum Gasteiger partial charge on any atom is 0.294 e. The van der Waals surface area contributed by atoms with Gasteiger partial charge in [-0.15, -0.1) is 0 Å². The predicted octanol–water partition coefficient (Wildman–Crippen LogP) is 6.71. The highest BCUT2D eigenvalue weighted by Gasteiger charge is 2.12. The van der Waals surface area contributed by atoms with Crippen LogP contribution in [0.2, 0.25) is 0 Å². The van der Waals surface area contributed by atoms with Crippen LogP contribution in [0, 0.1) is 5.82 Å². The summed E-state index contributed by atoms with van der Waals surface area (Å²) in [5.41, 5.74) is 0.514. The standard InChI is InChI=1S/C21H35FO3S/c1-2-3-4-5-6-7-8-9-10-11-12-13-14-15-19-16-17-20(18-21(19)22)26(23,24)25/h16-18H,2-15H2,1H3,(H,23,24,25). The van der Waals surface area contributed by atoms with Gasteiger partial charge in [0.2, 0.25) is 0 Å². The molecule has 0 aliphatic heterocycles. The van der Waals surface area contributed by atoms with Crippen LogP contribution in [0.4, 0.5) is 4.39 Å². The fourth-order valence-corrected chi connectivity index (χ4v) is 3.72. The highest BCUT2D eigenvalue weighted by Crippen LogP contribution is 2.18. The third-order valence-electron chi connectivity index (χ3n) is 4.87. The van der Waals surface area contributed by atoms with E-state index in [1.165, 1.54) is 82.8 Å². The van der Waals surface area contributed by atoms with Crippen LogP contribution in [0.1, 0.15) is 96.0 Å². The van der Waals surface area contributed by atoms with Crippen molar-refractivity contribution in [3.05, 3.63) is 29.6 Å². The molecule has 0 radical (unpaired) electrons. The molecule has 0 heterocycles. The Morgan fingerprint density at radius 1 is 0.808 bits per heavy atom. The highest BCUT2D eigenvalue weighted by molar-refractivity contribution is 7.85. The SMILES string of the molecule is CCCCCCCCCCCCCCCc1ccc(S(=O)(=O)O)cc1F. The normalized spacial score (nSPS) is 11.8. The van der Waals surface area contributed by atoms with E-state index < -0.39 is 15.9 Å². The van der Waals surface area contributed by atoms with Gasteiger partial charge in [-0.25, -0.2) is 4.39 Å². The van der Waals surface area contributed by atoms with E-state index in [-0.39, 0.29) is 4.90 Å². The summed E-state index contributed by atoms with van der Waals surface area (Å²) in [5.74, 6) is -0.556. The zero-order valence-electron chi connectivity index (χ0n) is 16.2. The molecule has 1 aromatic carbocycles. The van der Waals surface area contributed by atoms with Crippen LogP contribution in [-0.2, 0) is 16.5 Å². The second kappa shape index (κ2) is 13.3. The molecule has 0 atom stereocenters. The number of unbranched alkanes of at least 4 members (excludes halogenated alkanes) is 12. The van der Waals surface area contributed by atoms with Gasteiger partial charge in [-0.1, -0.05) is 90.0 Å². The van der Waals surface area contributed by atoms with E-state index in [2.05, 4.69) is 6.92 Å². The monoisotopic (exact) mass is 386 g/mol. The minimum Gasteiger partial charge on any atom is -0.282 e. The molecule has 0 aliphatic rings. The van der Waals surface area contributed by atoms with Gasteiger partial charge in [0.25, 0.3) is 10.1 Å². The van der Waals surface area contributed by atoms with Gasteiger partial charge in [-0.2, -0.15) is 8.42 Å². The van der Waals surface area contributed by atoms with Gasteiger partial charge in [-0.3, -0.25) is 4.55 Å². The topological polar surface area (TPSA) is 54.4 Å². The Morgan fingerprint density at radius 2 is 1.27 bits per heavy atom. The summed E-state index contributed by atoms with van der Waals surface area (Å²) >= 11 is 0. The van der Waals surface area contributed by atoms with Gasteiger partial charge >= 0.3 is 0 Å². The molecule has 0 amide bonds. The van der Waals surface area contributed by atoms with Gasteiger partial charge < -0.3 is 0 Å². The lowest BCUT2D eigenvalue weighted by molar-refractivity contribution is 0.481. The van der Waals surface area contributed by atoms with Crippen molar-refractivity contribution in [2.24, 2.45) is 0 Å². The minimum atomic E-state index is -4.33. The average Bonchev–Trinajstić information content (AvgIpc) is 2.59. The molecule has 0 aromatic heterocycles. The van der Waals surface area contributed by atoms with Gasteiger partial charge in [0.1, 0.15) is 5.82 Å². The van der Waals surface area contributed by atoms with Gasteiger partial charge in [-0.05, 0) is 30.5 Å². The molecule has 5 heteroatoms. The number of benzene rings is 1. The Bertz CT molecular complexity index is 599. The van der Waals surface area contributed by atoms with Crippen molar-refractivity contribution in [2.75, 3.05) is 0 Å². The third kappa shape index (κ3) is 10.3. The Hall–Kier alpha value is -0.940. The van der Waals surface area contributed by atoms with Crippen molar-refractivity contribution in [3.8, 4) is 0 Å². The van der Waals surface area contributed by atoms with E-state index in [0.717, 1.165) is 18.9 Å². The first-order valence-electron chi connectivity index (χ1n) is 10.2. The average molecular weight is 387 g/mol. The molecule has 150 valence electrons. The summed E-state index contributed by atoms with van der Waals surface area (Å²) in [6, 6.07) is 3.61. The van der Waals surface area contributed by atoms with E-state index >= 15 is 0 Å². The molecule has 3 nitrogen and oxygen atoms in total. The highest BCUT2D eigenvalue weighted by atomic mass is 32.2. The van der Waals surface area contributed by atoms with Gasteiger partial charge in [0.05, 0.1) is 4.90 Å². The van der Waals surface area contributed by atoms with Crippen molar-refractivity contribution in [1.29, 1.82) is 0 Å².